The van der Waals surface area contributed by atoms with Crippen molar-refractivity contribution in [3.05, 3.63) is 18.0 Å². The maximum Gasteiger partial charge on any atom is 0.223 e. The third-order valence-corrected chi connectivity index (χ3v) is 3.69. The minimum atomic E-state index is -0.0353. The van der Waals surface area contributed by atoms with Gasteiger partial charge in [-0.05, 0) is 26.7 Å². The van der Waals surface area contributed by atoms with Crippen molar-refractivity contribution in [2.24, 2.45) is 5.73 Å². The number of likely N-dealkylation sites (tertiary alicyclic amines) is 1. The summed E-state index contributed by atoms with van der Waals surface area (Å²) in [6.07, 6.45) is 6.24. The zero-order valence-electron chi connectivity index (χ0n) is 12.0. The van der Waals surface area contributed by atoms with Crippen molar-refractivity contribution in [2.45, 2.75) is 64.7 Å². The van der Waals surface area contributed by atoms with Crippen LogP contribution < -0.4 is 5.73 Å². The van der Waals surface area contributed by atoms with Gasteiger partial charge in [0, 0.05) is 36.8 Å². The van der Waals surface area contributed by atoms with Gasteiger partial charge >= 0.3 is 0 Å². The van der Waals surface area contributed by atoms with Gasteiger partial charge in [0.15, 0.2) is 0 Å². The van der Waals surface area contributed by atoms with Crippen LogP contribution in [0.2, 0.25) is 0 Å². The summed E-state index contributed by atoms with van der Waals surface area (Å²) < 4.78 is 1.93. The highest BCUT2D eigenvalue weighted by atomic mass is 16.2. The number of rotatable bonds is 4. The smallest absolute Gasteiger partial charge is 0.223 e. The molecule has 0 saturated carbocycles. The molecule has 19 heavy (non-hydrogen) atoms. The average Bonchev–Trinajstić information content (AvgIpc) is 2.80. The summed E-state index contributed by atoms with van der Waals surface area (Å²) in [5.74, 6) is 0.199. The molecule has 1 aliphatic heterocycles. The number of piperidine rings is 1. The van der Waals surface area contributed by atoms with E-state index in [1.807, 2.05) is 35.8 Å². The molecule has 5 heteroatoms. The molecule has 2 atom stereocenters. The normalized spacial score (nSPS) is 24.3. The largest absolute Gasteiger partial charge is 0.332 e. The summed E-state index contributed by atoms with van der Waals surface area (Å²) in [5, 5.41) is 4.36. The van der Waals surface area contributed by atoms with Gasteiger partial charge < -0.3 is 10.6 Å². The maximum absolute atomic E-state index is 12.1. The first kappa shape index (κ1) is 14.1. The fraction of sp³-hybridized carbons (Fsp3) is 0.714. The number of nitrogens with zero attached hydrogens (tertiary/aromatic N) is 3. The molecular weight excluding hydrogens is 240 g/mol. The van der Waals surface area contributed by atoms with E-state index >= 15 is 0 Å². The van der Waals surface area contributed by atoms with Gasteiger partial charge in [-0.15, -0.1) is 0 Å². The quantitative estimate of drug-likeness (QED) is 0.900. The summed E-state index contributed by atoms with van der Waals surface area (Å²) in [7, 11) is 0. The van der Waals surface area contributed by atoms with Crippen LogP contribution in [0.15, 0.2) is 12.4 Å². The van der Waals surface area contributed by atoms with Crippen molar-refractivity contribution in [3.8, 4) is 0 Å². The summed E-state index contributed by atoms with van der Waals surface area (Å²) in [5.41, 5.74) is 7.31. The Balaban J connectivity index is 2.28. The Morgan fingerprint density at radius 1 is 1.53 bits per heavy atom. The summed E-state index contributed by atoms with van der Waals surface area (Å²) in [6, 6.07) is 0.129. The maximum atomic E-state index is 12.1. The second kappa shape index (κ2) is 5.74. The van der Waals surface area contributed by atoms with Gasteiger partial charge in [0.2, 0.25) is 5.91 Å². The van der Waals surface area contributed by atoms with Crippen molar-refractivity contribution in [2.75, 3.05) is 0 Å². The van der Waals surface area contributed by atoms with Gasteiger partial charge in [0.05, 0.1) is 12.2 Å². The molecule has 2 rings (SSSR count). The van der Waals surface area contributed by atoms with Crippen LogP contribution in [0.25, 0.3) is 0 Å². The molecule has 2 heterocycles. The Labute approximate surface area is 114 Å². The van der Waals surface area contributed by atoms with E-state index in [1.54, 1.807) is 0 Å². The molecule has 0 spiro atoms. The third kappa shape index (κ3) is 2.81. The van der Waals surface area contributed by atoms with E-state index in [4.69, 9.17) is 5.73 Å². The minimum Gasteiger partial charge on any atom is -0.332 e. The first-order chi connectivity index (χ1) is 9.04. The minimum absolute atomic E-state index is 0.000577. The molecule has 1 saturated heterocycles. The number of amides is 1. The Hall–Kier alpha value is -1.36. The standard InChI is InChI=1S/C14H24N4O/c1-4-7-17-9-11(8-16-17)14-12(15)5-6-13(19)18(14)10(2)3/h8-10,12,14H,4-7,15H2,1-3H3. The Kier molecular flexibility index (Phi) is 4.24. The third-order valence-electron chi connectivity index (χ3n) is 3.69. The van der Waals surface area contributed by atoms with Gasteiger partial charge in [-0.25, -0.2) is 0 Å². The predicted molar refractivity (Wildman–Crippen MR) is 74.5 cm³/mol. The average molecular weight is 264 g/mol. The number of nitrogens with two attached hydrogens (primary N) is 1. The predicted octanol–water partition coefficient (Wildman–Crippen LogP) is 1.69. The molecule has 106 valence electrons. The van der Waals surface area contributed by atoms with Gasteiger partial charge in [-0.2, -0.15) is 5.10 Å². The molecule has 1 fully saturated rings. The molecule has 0 aromatic carbocycles. The van der Waals surface area contributed by atoms with Crippen LogP contribution in [0.3, 0.4) is 0 Å². The lowest BCUT2D eigenvalue weighted by Crippen LogP contribution is -2.51. The molecule has 1 aliphatic rings. The van der Waals surface area contributed by atoms with Crippen LogP contribution >= 0.6 is 0 Å². The van der Waals surface area contributed by atoms with Crippen molar-refractivity contribution in [3.63, 3.8) is 0 Å². The van der Waals surface area contributed by atoms with Gasteiger partial charge in [-0.3, -0.25) is 9.48 Å². The Morgan fingerprint density at radius 3 is 2.89 bits per heavy atom. The van der Waals surface area contributed by atoms with E-state index in [9.17, 15) is 4.79 Å². The highest BCUT2D eigenvalue weighted by molar-refractivity contribution is 5.78. The zero-order valence-corrected chi connectivity index (χ0v) is 12.0. The highest BCUT2D eigenvalue weighted by Crippen LogP contribution is 2.32. The number of aromatic nitrogens is 2. The Bertz CT molecular complexity index is 440. The Morgan fingerprint density at radius 2 is 2.26 bits per heavy atom. The lowest BCUT2D eigenvalue weighted by molar-refractivity contribution is -0.139. The van der Waals surface area contributed by atoms with E-state index in [0.29, 0.717) is 6.42 Å². The van der Waals surface area contributed by atoms with E-state index in [0.717, 1.165) is 24.9 Å². The second-order valence-corrected chi connectivity index (χ2v) is 5.58. The molecule has 1 aromatic rings. The van der Waals surface area contributed by atoms with Crippen LogP contribution in [-0.2, 0) is 11.3 Å². The van der Waals surface area contributed by atoms with Crippen molar-refractivity contribution in [1.82, 2.24) is 14.7 Å². The molecule has 1 aromatic heterocycles. The van der Waals surface area contributed by atoms with E-state index in [2.05, 4.69) is 12.0 Å². The topological polar surface area (TPSA) is 64.2 Å². The van der Waals surface area contributed by atoms with E-state index in [1.165, 1.54) is 0 Å². The first-order valence-electron chi connectivity index (χ1n) is 7.13. The molecular formula is C14H24N4O. The number of carbonyl (C=O) groups excluding carboxylic acids is 1. The number of hydrogen-bond donors (Lipinski definition) is 1. The number of aryl methyl sites for hydroxylation is 1. The summed E-state index contributed by atoms with van der Waals surface area (Å²) >= 11 is 0. The van der Waals surface area contributed by atoms with Crippen LogP contribution in [0.5, 0.6) is 0 Å². The zero-order chi connectivity index (χ0) is 14.0. The molecule has 1 amide bonds. The van der Waals surface area contributed by atoms with E-state index < -0.39 is 0 Å². The molecule has 5 nitrogen and oxygen atoms in total. The summed E-state index contributed by atoms with van der Waals surface area (Å²) in [4.78, 5) is 14.1. The molecule has 0 radical (unpaired) electrons. The van der Waals surface area contributed by atoms with Crippen LogP contribution in [0.1, 0.15) is 51.6 Å². The summed E-state index contributed by atoms with van der Waals surface area (Å²) in [6.45, 7) is 7.11. The molecule has 0 aliphatic carbocycles. The van der Waals surface area contributed by atoms with E-state index in [-0.39, 0.29) is 24.0 Å². The lowest BCUT2D eigenvalue weighted by Gasteiger charge is -2.41. The SMILES string of the molecule is CCCn1cc(C2C(N)CCC(=O)N2C(C)C)cn1. The van der Waals surface area contributed by atoms with Crippen LogP contribution in [0, 0.1) is 0 Å². The molecule has 0 bridgehead atoms. The lowest BCUT2D eigenvalue weighted by atomic mass is 9.91. The van der Waals surface area contributed by atoms with Gasteiger partial charge in [0.1, 0.15) is 0 Å². The molecule has 2 N–H and O–H groups in total. The van der Waals surface area contributed by atoms with Crippen LogP contribution in [-0.4, -0.2) is 32.7 Å². The fourth-order valence-corrected chi connectivity index (χ4v) is 2.84. The fourth-order valence-electron chi connectivity index (χ4n) is 2.84. The second-order valence-electron chi connectivity index (χ2n) is 5.58. The van der Waals surface area contributed by atoms with Gasteiger partial charge in [0.25, 0.3) is 0 Å². The highest BCUT2D eigenvalue weighted by Gasteiger charge is 2.36. The van der Waals surface area contributed by atoms with Crippen molar-refractivity contribution < 1.29 is 4.79 Å². The van der Waals surface area contributed by atoms with Crippen molar-refractivity contribution in [1.29, 1.82) is 0 Å². The number of hydrogen-bond acceptors (Lipinski definition) is 3. The van der Waals surface area contributed by atoms with Crippen LogP contribution in [0.4, 0.5) is 0 Å². The molecule has 2 unspecified atom stereocenters. The van der Waals surface area contributed by atoms with Gasteiger partial charge in [-0.1, -0.05) is 6.92 Å². The van der Waals surface area contributed by atoms with Crippen molar-refractivity contribution >= 4 is 5.91 Å². The first-order valence-corrected chi connectivity index (χ1v) is 7.13. The number of carbonyl (C=O) groups is 1. The monoisotopic (exact) mass is 264 g/mol.